The minimum absolute atomic E-state index is 0.190. The number of ether oxygens (including phenoxy) is 1. The maximum Gasteiger partial charge on any atom is 0.443 e. The maximum atomic E-state index is 12.3. The van der Waals surface area contributed by atoms with Crippen LogP contribution < -0.4 is 0 Å². The summed E-state index contributed by atoms with van der Waals surface area (Å²) in [7, 11) is 0. The van der Waals surface area contributed by atoms with Gasteiger partial charge >= 0.3 is 12.1 Å². The fraction of sp³-hybridized carbons (Fsp3) is 0.857. The molecule has 0 unspecified atom stereocenters. The predicted molar refractivity (Wildman–Crippen MR) is 37.3 cm³/mol. The molecule has 1 rings (SSSR count). The van der Waals surface area contributed by atoms with Crippen molar-refractivity contribution in [3.05, 3.63) is 0 Å². The molecule has 0 aromatic rings. The Bertz CT molecular complexity index is 240. The molecule has 82 valence electrons. The van der Waals surface area contributed by atoms with Gasteiger partial charge in [-0.15, -0.1) is 0 Å². The molecular formula is C7H9F3O4. The van der Waals surface area contributed by atoms with Gasteiger partial charge in [-0.25, -0.2) is 0 Å². The number of carbonyl (C=O) groups is 1. The number of halogens is 3. The van der Waals surface area contributed by atoms with Crippen molar-refractivity contribution in [3.8, 4) is 0 Å². The molecule has 7 heteroatoms. The molecule has 0 aromatic heterocycles. The summed E-state index contributed by atoms with van der Waals surface area (Å²) < 4.78 is 41.0. The summed E-state index contributed by atoms with van der Waals surface area (Å²) in [5, 5.41) is 17.6. The predicted octanol–water partition coefficient (Wildman–Crippen LogP) is 0.748. The first-order chi connectivity index (χ1) is 6.29. The molecule has 0 amide bonds. The van der Waals surface area contributed by atoms with Crippen LogP contribution in [0.4, 0.5) is 13.2 Å². The van der Waals surface area contributed by atoms with Gasteiger partial charge in [-0.1, -0.05) is 0 Å². The molecule has 1 saturated heterocycles. The number of alkyl halides is 3. The van der Waals surface area contributed by atoms with Crippen LogP contribution in [0.3, 0.4) is 0 Å². The van der Waals surface area contributed by atoms with E-state index in [1.165, 1.54) is 0 Å². The van der Waals surface area contributed by atoms with Gasteiger partial charge in [0.1, 0.15) is 5.92 Å². The van der Waals surface area contributed by atoms with Crippen LogP contribution in [0.15, 0.2) is 0 Å². The monoisotopic (exact) mass is 214 g/mol. The fourth-order valence-electron chi connectivity index (χ4n) is 1.38. The lowest BCUT2D eigenvalue weighted by molar-refractivity contribution is -0.391. The van der Waals surface area contributed by atoms with Crippen LogP contribution >= 0.6 is 0 Å². The average molecular weight is 214 g/mol. The van der Waals surface area contributed by atoms with E-state index in [4.69, 9.17) is 10.2 Å². The number of aliphatic carboxylic acids is 1. The van der Waals surface area contributed by atoms with Gasteiger partial charge in [-0.05, 0) is 12.8 Å². The van der Waals surface area contributed by atoms with E-state index in [0.29, 0.717) is 0 Å². The van der Waals surface area contributed by atoms with Crippen molar-refractivity contribution in [1.29, 1.82) is 0 Å². The Hall–Kier alpha value is -0.820. The van der Waals surface area contributed by atoms with E-state index >= 15 is 0 Å². The topological polar surface area (TPSA) is 66.8 Å². The summed E-state index contributed by atoms with van der Waals surface area (Å²) in [4.78, 5) is 10.5. The first-order valence-electron chi connectivity index (χ1n) is 3.95. The second kappa shape index (κ2) is 3.39. The van der Waals surface area contributed by atoms with Crippen molar-refractivity contribution in [2.45, 2.75) is 24.8 Å². The van der Waals surface area contributed by atoms with E-state index in [-0.39, 0.29) is 19.4 Å². The van der Waals surface area contributed by atoms with Gasteiger partial charge < -0.3 is 14.9 Å². The van der Waals surface area contributed by atoms with Gasteiger partial charge in [0.05, 0.1) is 6.61 Å². The zero-order valence-corrected chi connectivity index (χ0v) is 7.04. The average Bonchev–Trinajstić information content (AvgIpc) is 2.02. The Balaban J connectivity index is 2.97. The Kier molecular flexibility index (Phi) is 2.73. The van der Waals surface area contributed by atoms with E-state index < -0.39 is 23.9 Å². The normalized spacial score (nSPS) is 34.1. The highest BCUT2D eigenvalue weighted by Crippen LogP contribution is 2.41. The number of rotatable bonds is 1. The van der Waals surface area contributed by atoms with Gasteiger partial charge in [0.2, 0.25) is 0 Å². The minimum atomic E-state index is -5.09. The molecule has 0 spiro atoms. The highest BCUT2D eigenvalue weighted by molar-refractivity contribution is 5.71. The summed E-state index contributed by atoms with van der Waals surface area (Å²) in [5.74, 6) is -7.20. The summed E-state index contributed by atoms with van der Waals surface area (Å²) in [6.07, 6.45) is -5.14. The van der Waals surface area contributed by atoms with Crippen molar-refractivity contribution in [2.75, 3.05) is 6.61 Å². The number of aliphatic hydroxyl groups is 1. The highest BCUT2D eigenvalue weighted by atomic mass is 19.4. The Labute approximate surface area is 77.3 Å². The third kappa shape index (κ3) is 1.69. The largest absolute Gasteiger partial charge is 0.481 e. The molecule has 0 radical (unpaired) electrons. The third-order valence-corrected chi connectivity index (χ3v) is 2.14. The lowest BCUT2D eigenvalue weighted by Crippen LogP contribution is -2.58. The molecule has 0 bridgehead atoms. The quantitative estimate of drug-likeness (QED) is 0.675. The number of hydrogen-bond acceptors (Lipinski definition) is 3. The highest BCUT2D eigenvalue weighted by Gasteiger charge is 2.63. The molecule has 1 fully saturated rings. The number of carboxylic acids is 1. The first kappa shape index (κ1) is 11.3. The Morgan fingerprint density at radius 2 is 2.07 bits per heavy atom. The van der Waals surface area contributed by atoms with Crippen LogP contribution in [0.5, 0.6) is 0 Å². The van der Waals surface area contributed by atoms with Crippen molar-refractivity contribution in [2.24, 2.45) is 5.92 Å². The van der Waals surface area contributed by atoms with Crippen LogP contribution in [0.2, 0.25) is 0 Å². The van der Waals surface area contributed by atoms with Gasteiger partial charge in [0.15, 0.2) is 0 Å². The van der Waals surface area contributed by atoms with Crippen LogP contribution in [-0.2, 0) is 9.53 Å². The van der Waals surface area contributed by atoms with Crippen LogP contribution in [0.1, 0.15) is 12.8 Å². The molecule has 0 aromatic carbocycles. The third-order valence-electron chi connectivity index (χ3n) is 2.14. The zero-order valence-electron chi connectivity index (χ0n) is 7.04. The van der Waals surface area contributed by atoms with Crippen LogP contribution in [0, 0.1) is 5.92 Å². The molecule has 2 atom stereocenters. The molecule has 1 aliphatic rings. The van der Waals surface area contributed by atoms with Crippen LogP contribution in [0.25, 0.3) is 0 Å². The second-order valence-electron chi connectivity index (χ2n) is 3.08. The van der Waals surface area contributed by atoms with Gasteiger partial charge in [-0.2, -0.15) is 13.2 Å². The zero-order chi connectivity index (χ0) is 11.0. The molecule has 1 aliphatic heterocycles. The lowest BCUT2D eigenvalue weighted by atomic mass is 9.90. The van der Waals surface area contributed by atoms with Gasteiger partial charge in [-0.3, -0.25) is 4.79 Å². The molecule has 0 saturated carbocycles. The maximum absolute atomic E-state index is 12.3. The Morgan fingerprint density at radius 1 is 1.50 bits per heavy atom. The van der Waals surface area contributed by atoms with Crippen LogP contribution in [-0.4, -0.2) is 34.8 Å². The van der Waals surface area contributed by atoms with E-state index in [9.17, 15) is 18.0 Å². The fourth-order valence-corrected chi connectivity index (χ4v) is 1.38. The smallest absolute Gasteiger partial charge is 0.443 e. The summed E-state index contributed by atoms with van der Waals surface area (Å²) in [5.41, 5.74) is 0. The molecule has 0 aliphatic carbocycles. The SMILES string of the molecule is O=C(O)[C@@H]1CCCO[C@@]1(O)C(F)(F)F. The number of carboxylic acid groups (broad SMARTS) is 1. The molecular weight excluding hydrogens is 205 g/mol. The lowest BCUT2D eigenvalue weighted by Gasteiger charge is -2.38. The summed E-state index contributed by atoms with van der Waals surface area (Å²) in [6, 6.07) is 0. The second-order valence-corrected chi connectivity index (χ2v) is 3.08. The van der Waals surface area contributed by atoms with Gasteiger partial charge in [0, 0.05) is 0 Å². The summed E-state index contributed by atoms with van der Waals surface area (Å²) in [6.45, 7) is -0.292. The molecule has 1 heterocycles. The first-order valence-corrected chi connectivity index (χ1v) is 3.95. The Morgan fingerprint density at radius 3 is 2.43 bits per heavy atom. The molecule has 2 N–H and O–H groups in total. The van der Waals surface area contributed by atoms with E-state index in [1.807, 2.05) is 0 Å². The van der Waals surface area contributed by atoms with E-state index in [2.05, 4.69) is 4.74 Å². The van der Waals surface area contributed by atoms with Crippen molar-refractivity contribution >= 4 is 5.97 Å². The number of hydrogen-bond donors (Lipinski definition) is 2. The van der Waals surface area contributed by atoms with Crippen molar-refractivity contribution in [3.63, 3.8) is 0 Å². The summed E-state index contributed by atoms with van der Waals surface area (Å²) >= 11 is 0. The van der Waals surface area contributed by atoms with E-state index in [0.717, 1.165) is 0 Å². The standard InChI is InChI=1S/C7H9F3O4/c8-7(9,10)6(13)4(5(11)12)2-1-3-14-6/h4,13H,1-3H2,(H,11,12)/t4-,6+/m0/s1. The van der Waals surface area contributed by atoms with Crippen molar-refractivity contribution < 1.29 is 32.9 Å². The van der Waals surface area contributed by atoms with Crippen molar-refractivity contribution in [1.82, 2.24) is 0 Å². The molecule has 4 nitrogen and oxygen atoms in total. The minimum Gasteiger partial charge on any atom is -0.481 e. The molecule has 14 heavy (non-hydrogen) atoms. The van der Waals surface area contributed by atoms with Gasteiger partial charge in [0.25, 0.3) is 5.79 Å². The van der Waals surface area contributed by atoms with E-state index in [1.54, 1.807) is 0 Å².